The van der Waals surface area contributed by atoms with Crippen LogP contribution >= 0.6 is 58.4 Å². The van der Waals surface area contributed by atoms with E-state index < -0.39 is 17.9 Å². The van der Waals surface area contributed by atoms with Crippen LogP contribution in [0.1, 0.15) is 5.56 Å². The van der Waals surface area contributed by atoms with Gasteiger partial charge in [0.2, 0.25) is 0 Å². The quantitative estimate of drug-likeness (QED) is 0.157. The molecule has 4 N–H and O–H groups in total. The van der Waals surface area contributed by atoms with Crippen LogP contribution in [0.5, 0.6) is 11.5 Å². The van der Waals surface area contributed by atoms with Crippen LogP contribution in [0.15, 0.2) is 32.2 Å². The van der Waals surface area contributed by atoms with Gasteiger partial charge in [0, 0.05) is 0 Å². The zero-order valence-corrected chi connectivity index (χ0v) is 20.2. The molecular weight excluding hydrogens is 519 g/mol. The highest BCUT2D eigenvalue weighted by molar-refractivity contribution is 8.05. The predicted molar refractivity (Wildman–Crippen MR) is 126 cm³/mol. The third kappa shape index (κ3) is 9.71. The fraction of sp³-hybridized carbons (Fsp3) is 0.167. The Balaban J connectivity index is 0.000000320. The van der Waals surface area contributed by atoms with Crippen LogP contribution in [0.2, 0.25) is 0 Å². The molecule has 14 heteroatoms. The number of phenols is 1. The van der Waals surface area contributed by atoms with Gasteiger partial charge in [-0.15, -0.1) is 46.2 Å². The highest BCUT2D eigenvalue weighted by atomic mass is 32.2. The number of hydrogen-bond acceptors (Lipinski definition) is 11. The van der Waals surface area contributed by atoms with Crippen LogP contribution in [0.4, 0.5) is 0 Å². The van der Waals surface area contributed by atoms with Crippen molar-refractivity contribution in [2.75, 3.05) is 18.6 Å². The number of rotatable bonds is 9. The van der Waals surface area contributed by atoms with Gasteiger partial charge in [-0.05, 0) is 23.8 Å². The molecule has 1 heterocycles. The van der Waals surface area contributed by atoms with Gasteiger partial charge in [-0.3, -0.25) is 9.59 Å². The lowest BCUT2D eigenvalue weighted by molar-refractivity contribution is -0.134. The average molecular weight is 534 g/mol. The number of thioether (sulfide) groups is 2. The van der Waals surface area contributed by atoms with Gasteiger partial charge in [-0.1, -0.05) is 18.3 Å². The molecule has 0 aliphatic carbocycles. The van der Waals surface area contributed by atoms with E-state index in [1.165, 1.54) is 77.6 Å². The SMILES string of the molecule is COc1cc(/C=C(\C#N)C(=O)O)ccc1O.O=C(O)CSc1sc(=S)sc1SCC(=O)O. The molecule has 0 aliphatic heterocycles. The number of carboxylic acids is 3. The van der Waals surface area contributed by atoms with Crippen molar-refractivity contribution < 1.29 is 39.5 Å². The van der Waals surface area contributed by atoms with Crippen molar-refractivity contribution >= 4 is 82.4 Å². The number of carboxylic acid groups (broad SMARTS) is 3. The maximum absolute atomic E-state index is 10.6. The first-order chi connectivity index (χ1) is 15.1. The van der Waals surface area contributed by atoms with E-state index >= 15 is 0 Å². The summed E-state index contributed by atoms with van der Waals surface area (Å²) in [6.07, 6.45) is 1.20. The molecule has 170 valence electrons. The Labute approximate surface area is 203 Å². The topological polar surface area (TPSA) is 165 Å². The van der Waals surface area contributed by atoms with E-state index in [9.17, 15) is 19.5 Å². The predicted octanol–water partition coefficient (Wildman–Crippen LogP) is 4.28. The number of phenolic OH excluding ortho intramolecular Hbond substituents is 1. The first-order valence-corrected chi connectivity index (χ1v) is 12.1. The highest BCUT2D eigenvalue weighted by Crippen LogP contribution is 2.40. The van der Waals surface area contributed by atoms with E-state index in [2.05, 4.69) is 0 Å². The molecule has 0 aliphatic rings. The molecule has 32 heavy (non-hydrogen) atoms. The molecule has 0 unspecified atom stereocenters. The monoisotopic (exact) mass is 533 g/mol. The molecule has 0 bridgehead atoms. The lowest BCUT2D eigenvalue weighted by Gasteiger charge is -2.03. The molecule has 1 aromatic carbocycles. The van der Waals surface area contributed by atoms with Gasteiger partial charge in [0.25, 0.3) is 0 Å². The summed E-state index contributed by atoms with van der Waals surface area (Å²) in [5.41, 5.74) is 0.0846. The van der Waals surface area contributed by atoms with Crippen LogP contribution < -0.4 is 4.74 Å². The Hall–Kier alpha value is -2.57. The molecule has 0 radical (unpaired) electrons. The maximum atomic E-state index is 10.6. The Bertz CT molecular complexity index is 1080. The van der Waals surface area contributed by atoms with Gasteiger partial charge in [-0.25, -0.2) is 4.79 Å². The number of nitriles is 1. The van der Waals surface area contributed by atoms with E-state index in [-0.39, 0.29) is 28.6 Å². The third-order valence-corrected chi connectivity index (χ3v) is 8.59. The minimum Gasteiger partial charge on any atom is -0.504 e. The molecule has 2 rings (SSSR count). The second-order valence-corrected chi connectivity index (χ2v) is 11.0. The summed E-state index contributed by atoms with van der Waals surface area (Å²) < 4.78 is 7.12. The van der Waals surface area contributed by atoms with Crippen molar-refractivity contribution in [3.63, 3.8) is 0 Å². The number of aliphatic carboxylic acids is 3. The molecule has 0 spiro atoms. The van der Waals surface area contributed by atoms with E-state index in [4.69, 9.17) is 37.5 Å². The number of methoxy groups -OCH3 is 1. The summed E-state index contributed by atoms with van der Waals surface area (Å²) in [5, 5.41) is 43.6. The summed E-state index contributed by atoms with van der Waals surface area (Å²) >= 11 is 10.0. The van der Waals surface area contributed by atoms with Crippen molar-refractivity contribution in [1.82, 2.24) is 0 Å². The number of benzene rings is 1. The Morgan fingerprint density at radius 3 is 2.06 bits per heavy atom. The van der Waals surface area contributed by atoms with Gasteiger partial charge in [-0.2, -0.15) is 5.26 Å². The number of nitrogens with zero attached hydrogens (tertiary/aromatic N) is 1. The second-order valence-electron chi connectivity index (χ2n) is 5.30. The van der Waals surface area contributed by atoms with Crippen molar-refractivity contribution in [2.45, 2.75) is 8.42 Å². The second kappa shape index (κ2) is 13.8. The third-order valence-electron chi connectivity index (χ3n) is 3.04. The van der Waals surface area contributed by atoms with Gasteiger partial charge in [0.05, 0.1) is 27.0 Å². The molecule has 9 nitrogen and oxygen atoms in total. The van der Waals surface area contributed by atoms with Crippen LogP contribution in [-0.2, 0) is 14.4 Å². The Morgan fingerprint density at radius 2 is 1.66 bits per heavy atom. The molecule has 0 saturated carbocycles. The number of carbonyl (C=O) groups is 3. The summed E-state index contributed by atoms with van der Waals surface area (Å²) in [7, 11) is 1.38. The minimum absolute atomic E-state index is 0.0390. The van der Waals surface area contributed by atoms with Gasteiger partial charge in [0.15, 0.2) is 11.5 Å². The zero-order valence-electron chi connectivity index (χ0n) is 16.1. The Morgan fingerprint density at radius 1 is 1.12 bits per heavy atom. The van der Waals surface area contributed by atoms with Crippen LogP contribution in [0, 0.1) is 14.5 Å². The van der Waals surface area contributed by atoms with E-state index in [1.807, 2.05) is 0 Å². The number of hydrogen-bond donors (Lipinski definition) is 4. The first kappa shape index (κ1) is 27.5. The smallest absolute Gasteiger partial charge is 0.346 e. The van der Waals surface area contributed by atoms with Crippen molar-refractivity contribution in [1.29, 1.82) is 5.26 Å². The first-order valence-electron chi connectivity index (χ1n) is 8.12. The molecule has 0 atom stereocenters. The van der Waals surface area contributed by atoms with Crippen molar-refractivity contribution in [3.8, 4) is 17.6 Å². The molecule has 0 fully saturated rings. The minimum atomic E-state index is -1.30. The van der Waals surface area contributed by atoms with Gasteiger partial charge < -0.3 is 25.2 Å². The fourth-order valence-electron chi connectivity index (χ4n) is 1.78. The summed E-state index contributed by atoms with van der Waals surface area (Å²) in [6.45, 7) is 0. The maximum Gasteiger partial charge on any atom is 0.346 e. The van der Waals surface area contributed by atoms with E-state index in [1.54, 1.807) is 6.07 Å². The molecule has 1 aromatic heterocycles. The van der Waals surface area contributed by atoms with E-state index in [0.29, 0.717) is 8.70 Å². The summed E-state index contributed by atoms with van der Waals surface area (Å²) in [5.74, 6) is -3.00. The van der Waals surface area contributed by atoms with Gasteiger partial charge in [0.1, 0.15) is 14.8 Å². The van der Waals surface area contributed by atoms with Crippen molar-refractivity contribution in [2.24, 2.45) is 0 Å². The van der Waals surface area contributed by atoms with Crippen LogP contribution in [0.25, 0.3) is 6.08 Å². The molecular formula is C18H15NO8S5. The highest BCUT2D eigenvalue weighted by Gasteiger charge is 2.12. The van der Waals surface area contributed by atoms with Crippen LogP contribution in [-0.4, -0.2) is 56.9 Å². The standard InChI is InChI=1S/C11H9NO4.C7H6O4S5/c1-16-10-5-7(2-3-9(10)13)4-8(6-12)11(14)15;8-3(9)1-13-5-6(14-2-4(10)11)16-7(12)15-5/h2-5,13H,1H3,(H,14,15);1-2H2,(H,8,9)(H,10,11)/b8-4+;. The molecule has 0 amide bonds. The molecule has 2 aromatic rings. The summed E-state index contributed by atoms with van der Waals surface area (Å²) in [4.78, 5) is 31.4. The van der Waals surface area contributed by atoms with E-state index in [0.717, 1.165) is 8.42 Å². The van der Waals surface area contributed by atoms with Crippen molar-refractivity contribution in [3.05, 3.63) is 32.5 Å². The molecule has 0 saturated heterocycles. The summed E-state index contributed by atoms with van der Waals surface area (Å²) in [6, 6.07) is 5.85. The van der Waals surface area contributed by atoms with Crippen LogP contribution in [0.3, 0.4) is 0 Å². The number of aromatic hydroxyl groups is 1. The lowest BCUT2D eigenvalue weighted by Crippen LogP contribution is -1.98. The zero-order chi connectivity index (χ0) is 24.3. The van der Waals surface area contributed by atoms with Gasteiger partial charge >= 0.3 is 17.9 Å². The average Bonchev–Trinajstić information content (AvgIpc) is 3.09. The normalized spacial score (nSPS) is 10.4. The fourth-order valence-corrected chi connectivity index (χ4v) is 7.33. The Kier molecular flexibility index (Phi) is 11.8. The largest absolute Gasteiger partial charge is 0.504 e. The number of ether oxygens (including phenoxy) is 1. The lowest BCUT2D eigenvalue weighted by atomic mass is 10.1.